The summed E-state index contributed by atoms with van der Waals surface area (Å²) in [6, 6.07) is -1.56. The predicted molar refractivity (Wildman–Crippen MR) is 55.2 cm³/mol. The van der Waals surface area contributed by atoms with Gasteiger partial charge in [-0.15, -0.1) is 0 Å². The van der Waals surface area contributed by atoms with Crippen LogP contribution in [-0.2, 0) is 9.53 Å². The normalized spacial score (nSPS) is 12.1. The molecule has 1 aromatic heterocycles. The SMILES string of the molecule is CCOC(=O)C(CO)Nc1c(F)c(F)nc(F)c1F. The Morgan fingerprint density at radius 1 is 1.32 bits per heavy atom. The van der Waals surface area contributed by atoms with Crippen molar-refractivity contribution in [3.8, 4) is 0 Å². The van der Waals surface area contributed by atoms with Gasteiger partial charge in [0.15, 0.2) is 0 Å². The third kappa shape index (κ3) is 3.31. The van der Waals surface area contributed by atoms with Crippen LogP contribution in [0.1, 0.15) is 6.92 Å². The van der Waals surface area contributed by atoms with Gasteiger partial charge in [-0.2, -0.15) is 22.5 Å². The van der Waals surface area contributed by atoms with E-state index < -0.39 is 47.8 Å². The number of pyridine rings is 1. The molecule has 0 saturated carbocycles. The van der Waals surface area contributed by atoms with E-state index >= 15 is 0 Å². The molecule has 0 spiro atoms. The average molecular weight is 282 g/mol. The van der Waals surface area contributed by atoms with Crippen LogP contribution in [0, 0.1) is 23.5 Å². The van der Waals surface area contributed by atoms with Gasteiger partial charge in [0.05, 0.1) is 13.2 Å². The topological polar surface area (TPSA) is 71.5 Å². The maximum absolute atomic E-state index is 13.2. The Balaban J connectivity index is 3.07. The second kappa shape index (κ2) is 6.32. The minimum absolute atomic E-state index is 0.0406. The molecular weight excluding hydrogens is 272 g/mol. The predicted octanol–water partition coefficient (Wildman–Crippen LogP) is 0.974. The summed E-state index contributed by atoms with van der Waals surface area (Å²) in [5.41, 5.74) is -1.24. The minimum Gasteiger partial charge on any atom is -0.464 e. The molecule has 1 rings (SSSR count). The lowest BCUT2D eigenvalue weighted by atomic mass is 10.2. The van der Waals surface area contributed by atoms with Crippen molar-refractivity contribution in [3.05, 3.63) is 23.5 Å². The van der Waals surface area contributed by atoms with Crippen LogP contribution in [0.15, 0.2) is 0 Å². The van der Waals surface area contributed by atoms with Crippen molar-refractivity contribution in [2.75, 3.05) is 18.5 Å². The average Bonchev–Trinajstić information content (AvgIpc) is 2.37. The van der Waals surface area contributed by atoms with E-state index in [1.165, 1.54) is 6.92 Å². The largest absolute Gasteiger partial charge is 0.464 e. The third-order valence-electron chi connectivity index (χ3n) is 2.07. The number of carbonyl (C=O) groups excluding carboxylic acids is 1. The first-order chi connectivity index (χ1) is 8.92. The van der Waals surface area contributed by atoms with Crippen LogP contribution in [0.5, 0.6) is 0 Å². The summed E-state index contributed by atoms with van der Waals surface area (Å²) >= 11 is 0. The second-order valence-corrected chi connectivity index (χ2v) is 3.33. The van der Waals surface area contributed by atoms with Gasteiger partial charge >= 0.3 is 5.97 Å². The van der Waals surface area contributed by atoms with E-state index in [1.54, 1.807) is 0 Å². The van der Waals surface area contributed by atoms with Crippen molar-refractivity contribution in [1.29, 1.82) is 0 Å². The number of aromatic nitrogens is 1. The molecular formula is C10H10F4N2O3. The number of nitrogens with one attached hydrogen (secondary N) is 1. The summed E-state index contributed by atoms with van der Waals surface area (Å²) in [4.78, 5) is 13.6. The Morgan fingerprint density at radius 2 is 1.84 bits per heavy atom. The Morgan fingerprint density at radius 3 is 2.26 bits per heavy atom. The minimum atomic E-state index is -1.87. The van der Waals surface area contributed by atoms with Crippen LogP contribution < -0.4 is 5.32 Å². The molecule has 0 bridgehead atoms. The molecule has 0 fully saturated rings. The van der Waals surface area contributed by atoms with Gasteiger partial charge < -0.3 is 15.2 Å². The number of aliphatic hydroxyl groups is 1. The molecule has 9 heteroatoms. The molecule has 1 aromatic rings. The molecule has 0 aliphatic rings. The van der Waals surface area contributed by atoms with E-state index in [0.29, 0.717) is 0 Å². The summed E-state index contributed by atoms with van der Waals surface area (Å²) in [5.74, 6) is -8.38. The first-order valence-corrected chi connectivity index (χ1v) is 5.16. The summed E-state index contributed by atoms with van der Waals surface area (Å²) < 4.78 is 56.6. The quantitative estimate of drug-likeness (QED) is 0.478. The Bertz CT molecular complexity index is 458. The number of hydrogen-bond donors (Lipinski definition) is 2. The van der Waals surface area contributed by atoms with E-state index in [9.17, 15) is 22.4 Å². The molecule has 0 amide bonds. The van der Waals surface area contributed by atoms with Gasteiger partial charge in [0.2, 0.25) is 11.6 Å². The number of hydrogen-bond acceptors (Lipinski definition) is 5. The molecule has 0 aliphatic carbocycles. The van der Waals surface area contributed by atoms with E-state index in [0.717, 1.165) is 0 Å². The van der Waals surface area contributed by atoms with Gasteiger partial charge in [-0.1, -0.05) is 0 Å². The highest BCUT2D eigenvalue weighted by atomic mass is 19.2. The van der Waals surface area contributed by atoms with E-state index in [2.05, 4.69) is 9.72 Å². The number of aliphatic hydroxyl groups excluding tert-OH is 1. The van der Waals surface area contributed by atoms with Crippen molar-refractivity contribution in [1.82, 2.24) is 4.98 Å². The molecule has 0 saturated heterocycles. The summed E-state index contributed by atoms with van der Waals surface area (Å²) in [5, 5.41) is 10.7. The first-order valence-electron chi connectivity index (χ1n) is 5.16. The highest BCUT2D eigenvalue weighted by Crippen LogP contribution is 2.22. The summed E-state index contributed by atoms with van der Waals surface area (Å²) in [6.07, 6.45) is 0. The number of ether oxygens (including phenoxy) is 1. The van der Waals surface area contributed by atoms with Gasteiger partial charge in [0.25, 0.3) is 11.9 Å². The van der Waals surface area contributed by atoms with Crippen LogP contribution in [0.25, 0.3) is 0 Å². The fourth-order valence-corrected chi connectivity index (χ4v) is 1.21. The smallest absolute Gasteiger partial charge is 0.330 e. The van der Waals surface area contributed by atoms with Crippen molar-refractivity contribution < 1.29 is 32.2 Å². The number of rotatable bonds is 5. The zero-order valence-corrected chi connectivity index (χ0v) is 9.71. The second-order valence-electron chi connectivity index (χ2n) is 3.33. The van der Waals surface area contributed by atoms with Gasteiger partial charge in [-0.25, -0.2) is 4.79 Å². The van der Waals surface area contributed by atoms with Crippen LogP contribution in [0.2, 0.25) is 0 Å². The monoisotopic (exact) mass is 282 g/mol. The molecule has 1 heterocycles. The van der Waals surface area contributed by atoms with Crippen molar-refractivity contribution >= 4 is 11.7 Å². The van der Waals surface area contributed by atoms with Crippen molar-refractivity contribution in [2.24, 2.45) is 0 Å². The van der Waals surface area contributed by atoms with Crippen LogP contribution >= 0.6 is 0 Å². The highest BCUT2D eigenvalue weighted by Gasteiger charge is 2.26. The van der Waals surface area contributed by atoms with Gasteiger partial charge in [0, 0.05) is 0 Å². The van der Waals surface area contributed by atoms with Crippen LogP contribution in [0.4, 0.5) is 23.2 Å². The summed E-state index contributed by atoms with van der Waals surface area (Å²) in [7, 11) is 0. The first kappa shape index (κ1) is 15.2. The fraction of sp³-hybridized carbons (Fsp3) is 0.400. The lowest BCUT2D eigenvalue weighted by Crippen LogP contribution is -2.35. The van der Waals surface area contributed by atoms with E-state index in [-0.39, 0.29) is 6.61 Å². The van der Waals surface area contributed by atoms with Crippen LogP contribution in [-0.4, -0.2) is 35.3 Å². The van der Waals surface area contributed by atoms with Crippen LogP contribution in [0.3, 0.4) is 0 Å². The molecule has 0 aromatic carbocycles. The lowest BCUT2D eigenvalue weighted by molar-refractivity contribution is -0.144. The zero-order valence-electron chi connectivity index (χ0n) is 9.71. The van der Waals surface area contributed by atoms with Crippen molar-refractivity contribution in [3.63, 3.8) is 0 Å². The maximum Gasteiger partial charge on any atom is 0.330 e. The number of nitrogens with zero attached hydrogens (tertiary/aromatic N) is 1. The lowest BCUT2D eigenvalue weighted by Gasteiger charge is -2.16. The molecule has 5 nitrogen and oxygen atoms in total. The molecule has 19 heavy (non-hydrogen) atoms. The van der Waals surface area contributed by atoms with E-state index in [4.69, 9.17) is 5.11 Å². The third-order valence-corrected chi connectivity index (χ3v) is 2.07. The van der Waals surface area contributed by atoms with Gasteiger partial charge in [-0.05, 0) is 6.92 Å². The number of carbonyl (C=O) groups is 1. The Hall–Kier alpha value is -1.90. The maximum atomic E-state index is 13.2. The Labute approximate surface area is 105 Å². The molecule has 1 atom stereocenters. The van der Waals surface area contributed by atoms with Gasteiger partial charge in [-0.3, -0.25) is 0 Å². The number of anilines is 1. The molecule has 2 N–H and O–H groups in total. The van der Waals surface area contributed by atoms with Crippen molar-refractivity contribution in [2.45, 2.75) is 13.0 Å². The standard InChI is InChI=1S/C10H10F4N2O3/c1-2-19-10(18)4(3-17)15-7-5(11)8(13)16-9(14)6(7)12/h4,17H,2-3H2,1H3,(H,15,16). The molecule has 1 unspecified atom stereocenters. The zero-order chi connectivity index (χ0) is 14.6. The highest BCUT2D eigenvalue weighted by molar-refractivity contribution is 5.79. The fourth-order valence-electron chi connectivity index (χ4n) is 1.21. The van der Waals surface area contributed by atoms with E-state index in [1.807, 2.05) is 5.32 Å². The molecule has 0 aliphatic heterocycles. The molecule has 0 radical (unpaired) electrons. The number of esters is 1. The van der Waals surface area contributed by atoms with Gasteiger partial charge in [0.1, 0.15) is 11.7 Å². The number of halogens is 4. The summed E-state index contributed by atoms with van der Waals surface area (Å²) in [6.45, 7) is 0.545. The molecule has 106 valence electrons. The Kier molecular flexibility index (Phi) is 5.04.